The predicted molar refractivity (Wildman–Crippen MR) is 110 cm³/mol. The number of amides is 1. The molecular weight excluding hydrogens is 378 g/mol. The lowest BCUT2D eigenvalue weighted by atomic mass is 10.1. The summed E-state index contributed by atoms with van der Waals surface area (Å²) in [5, 5.41) is 3.42. The molecular formula is C22H26ClNO4. The molecule has 0 unspecified atom stereocenters. The number of hydrogen-bond acceptors (Lipinski definition) is 4. The SMILES string of the molecule is CC(C)COc1ccc(CCNC(=O)Cc2cc(Cl)c3c(c2)OCCO3)cc1. The first-order chi connectivity index (χ1) is 13.5. The summed E-state index contributed by atoms with van der Waals surface area (Å²) in [4.78, 5) is 12.2. The molecule has 0 saturated heterocycles. The molecule has 6 heteroatoms. The Morgan fingerprint density at radius 1 is 1.14 bits per heavy atom. The standard InChI is InChI=1S/C22H26ClNO4/c1-15(2)14-28-18-5-3-16(4-6-18)7-8-24-21(25)13-17-11-19(23)22-20(12-17)26-9-10-27-22/h3-6,11-12,15H,7-10,13-14H2,1-2H3,(H,24,25). The molecule has 0 aromatic heterocycles. The summed E-state index contributed by atoms with van der Waals surface area (Å²) in [5.74, 6) is 2.47. The van der Waals surface area contributed by atoms with Crippen LogP contribution in [0.2, 0.25) is 5.02 Å². The molecule has 1 N–H and O–H groups in total. The maximum Gasteiger partial charge on any atom is 0.224 e. The number of halogens is 1. The molecule has 1 amide bonds. The summed E-state index contributed by atoms with van der Waals surface area (Å²) in [5.41, 5.74) is 1.96. The summed E-state index contributed by atoms with van der Waals surface area (Å²) < 4.78 is 16.7. The molecule has 3 rings (SSSR count). The van der Waals surface area contributed by atoms with Gasteiger partial charge >= 0.3 is 0 Å². The molecule has 2 aromatic rings. The fraction of sp³-hybridized carbons (Fsp3) is 0.409. The molecule has 0 bridgehead atoms. The van der Waals surface area contributed by atoms with Crippen molar-refractivity contribution in [1.82, 2.24) is 5.32 Å². The predicted octanol–water partition coefficient (Wildman–Crippen LogP) is 4.05. The average Bonchev–Trinajstić information content (AvgIpc) is 2.67. The van der Waals surface area contributed by atoms with Crippen molar-refractivity contribution >= 4 is 17.5 Å². The van der Waals surface area contributed by atoms with Crippen LogP contribution >= 0.6 is 11.6 Å². The Labute approximate surface area is 170 Å². The Morgan fingerprint density at radius 2 is 1.89 bits per heavy atom. The third-order valence-electron chi connectivity index (χ3n) is 4.26. The minimum Gasteiger partial charge on any atom is -0.493 e. The van der Waals surface area contributed by atoms with Gasteiger partial charge < -0.3 is 19.5 Å². The summed E-state index contributed by atoms with van der Waals surface area (Å²) in [6.45, 7) is 6.49. The van der Waals surface area contributed by atoms with Crippen molar-refractivity contribution in [3.8, 4) is 17.2 Å². The number of ether oxygens (including phenoxy) is 3. The van der Waals surface area contributed by atoms with Crippen LogP contribution < -0.4 is 19.5 Å². The molecule has 0 aliphatic carbocycles. The molecule has 1 aliphatic heterocycles. The smallest absolute Gasteiger partial charge is 0.224 e. The molecule has 0 atom stereocenters. The van der Waals surface area contributed by atoms with Crippen molar-refractivity contribution < 1.29 is 19.0 Å². The second-order valence-corrected chi connectivity index (χ2v) is 7.63. The van der Waals surface area contributed by atoms with Gasteiger partial charge in [0.15, 0.2) is 11.5 Å². The second kappa shape index (κ2) is 9.69. The maximum atomic E-state index is 12.2. The van der Waals surface area contributed by atoms with Gasteiger partial charge in [0, 0.05) is 6.54 Å². The number of nitrogens with one attached hydrogen (secondary N) is 1. The lowest BCUT2D eigenvalue weighted by Crippen LogP contribution is -2.27. The summed E-state index contributed by atoms with van der Waals surface area (Å²) in [6, 6.07) is 11.6. The van der Waals surface area contributed by atoms with Gasteiger partial charge in [-0.2, -0.15) is 0 Å². The highest BCUT2D eigenvalue weighted by Crippen LogP contribution is 2.38. The van der Waals surface area contributed by atoms with E-state index in [4.69, 9.17) is 25.8 Å². The van der Waals surface area contributed by atoms with Crippen LogP contribution in [-0.2, 0) is 17.6 Å². The van der Waals surface area contributed by atoms with E-state index < -0.39 is 0 Å². The largest absolute Gasteiger partial charge is 0.493 e. The lowest BCUT2D eigenvalue weighted by molar-refractivity contribution is -0.120. The highest BCUT2D eigenvalue weighted by atomic mass is 35.5. The third kappa shape index (κ3) is 5.80. The monoisotopic (exact) mass is 403 g/mol. The fourth-order valence-electron chi connectivity index (χ4n) is 2.88. The molecule has 0 fully saturated rings. The van der Waals surface area contributed by atoms with Crippen molar-refractivity contribution in [2.75, 3.05) is 26.4 Å². The van der Waals surface area contributed by atoms with Crippen LogP contribution in [0.3, 0.4) is 0 Å². The third-order valence-corrected chi connectivity index (χ3v) is 4.54. The topological polar surface area (TPSA) is 56.8 Å². The zero-order valence-electron chi connectivity index (χ0n) is 16.3. The van der Waals surface area contributed by atoms with Crippen LogP contribution in [0.5, 0.6) is 17.2 Å². The molecule has 5 nitrogen and oxygen atoms in total. The van der Waals surface area contributed by atoms with Gasteiger partial charge in [-0.25, -0.2) is 0 Å². The zero-order chi connectivity index (χ0) is 19.9. The van der Waals surface area contributed by atoms with Crippen LogP contribution in [0, 0.1) is 5.92 Å². The van der Waals surface area contributed by atoms with Gasteiger partial charge in [0.1, 0.15) is 19.0 Å². The van der Waals surface area contributed by atoms with E-state index in [0.717, 1.165) is 23.3 Å². The summed E-state index contributed by atoms with van der Waals surface area (Å²) >= 11 is 6.22. The van der Waals surface area contributed by atoms with E-state index >= 15 is 0 Å². The van der Waals surface area contributed by atoms with Gasteiger partial charge in [0.05, 0.1) is 18.1 Å². The number of carbonyl (C=O) groups is 1. The van der Waals surface area contributed by atoms with Gasteiger partial charge in [-0.1, -0.05) is 37.6 Å². The Balaban J connectivity index is 1.45. The first-order valence-corrected chi connectivity index (χ1v) is 9.95. The Bertz CT molecular complexity index is 805. The quantitative estimate of drug-likeness (QED) is 0.722. The Morgan fingerprint density at radius 3 is 2.64 bits per heavy atom. The minimum atomic E-state index is -0.0513. The molecule has 1 heterocycles. The van der Waals surface area contributed by atoms with Crippen LogP contribution in [0.4, 0.5) is 0 Å². The fourth-order valence-corrected chi connectivity index (χ4v) is 3.16. The summed E-state index contributed by atoms with van der Waals surface area (Å²) in [6.07, 6.45) is 1.01. The molecule has 1 aliphatic rings. The molecule has 0 saturated carbocycles. The first kappa shape index (κ1) is 20.3. The summed E-state index contributed by atoms with van der Waals surface area (Å²) in [7, 11) is 0. The van der Waals surface area contributed by atoms with E-state index in [1.54, 1.807) is 6.07 Å². The highest BCUT2D eigenvalue weighted by Gasteiger charge is 2.17. The van der Waals surface area contributed by atoms with Crippen molar-refractivity contribution in [1.29, 1.82) is 0 Å². The maximum absolute atomic E-state index is 12.2. The van der Waals surface area contributed by atoms with Gasteiger partial charge in [-0.3, -0.25) is 4.79 Å². The van der Waals surface area contributed by atoms with Crippen LogP contribution in [0.15, 0.2) is 36.4 Å². The molecule has 0 radical (unpaired) electrons. The van der Waals surface area contributed by atoms with Gasteiger partial charge in [0.25, 0.3) is 0 Å². The van der Waals surface area contributed by atoms with Crippen molar-refractivity contribution in [2.45, 2.75) is 26.7 Å². The van der Waals surface area contributed by atoms with E-state index in [1.165, 1.54) is 0 Å². The highest BCUT2D eigenvalue weighted by molar-refractivity contribution is 6.32. The normalized spacial score (nSPS) is 12.7. The van der Waals surface area contributed by atoms with Crippen LogP contribution in [0.25, 0.3) is 0 Å². The second-order valence-electron chi connectivity index (χ2n) is 7.23. The van der Waals surface area contributed by atoms with Crippen molar-refractivity contribution in [3.05, 3.63) is 52.5 Å². The molecule has 2 aromatic carbocycles. The number of carbonyl (C=O) groups excluding carboxylic acids is 1. The number of rotatable bonds is 8. The van der Waals surface area contributed by atoms with E-state index in [2.05, 4.69) is 19.2 Å². The minimum absolute atomic E-state index is 0.0513. The van der Waals surface area contributed by atoms with E-state index in [-0.39, 0.29) is 12.3 Å². The van der Waals surface area contributed by atoms with Crippen molar-refractivity contribution in [3.63, 3.8) is 0 Å². The van der Waals surface area contributed by atoms with Crippen LogP contribution in [-0.4, -0.2) is 32.3 Å². The first-order valence-electron chi connectivity index (χ1n) is 9.57. The van der Waals surface area contributed by atoms with E-state index in [9.17, 15) is 4.79 Å². The Hall–Kier alpha value is -2.40. The van der Waals surface area contributed by atoms with Gasteiger partial charge in [-0.05, 0) is 47.7 Å². The van der Waals surface area contributed by atoms with Gasteiger partial charge in [0.2, 0.25) is 5.91 Å². The number of hydrogen-bond donors (Lipinski definition) is 1. The lowest BCUT2D eigenvalue weighted by Gasteiger charge is -2.20. The molecule has 28 heavy (non-hydrogen) atoms. The zero-order valence-corrected chi connectivity index (χ0v) is 17.1. The number of fused-ring (bicyclic) bond motifs is 1. The van der Waals surface area contributed by atoms with E-state index in [0.29, 0.717) is 48.8 Å². The molecule has 0 spiro atoms. The number of benzene rings is 2. The van der Waals surface area contributed by atoms with Gasteiger partial charge in [-0.15, -0.1) is 0 Å². The van der Waals surface area contributed by atoms with Crippen LogP contribution in [0.1, 0.15) is 25.0 Å². The average molecular weight is 404 g/mol. The molecule has 150 valence electrons. The Kier molecular flexibility index (Phi) is 7.04. The van der Waals surface area contributed by atoms with E-state index in [1.807, 2.05) is 30.3 Å². The van der Waals surface area contributed by atoms with Crippen molar-refractivity contribution in [2.24, 2.45) is 5.92 Å².